The van der Waals surface area contributed by atoms with E-state index >= 15 is 0 Å². The van der Waals surface area contributed by atoms with Crippen LogP contribution in [0.2, 0.25) is 0 Å². The number of morpholine rings is 1. The lowest BCUT2D eigenvalue weighted by Gasteiger charge is -2.43. The fourth-order valence-corrected chi connectivity index (χ4v) is 8.20. The van der Waals surface area contributed by atoms with Gasteiger partial charge in [-0.2, -0.15) is 8.78 Å². The van der Waals surface area contributed by atoms with Crippen LogP contribution in [0.1, 0.15) is 58.2 Å². The van der Waals surface area contributed by atoms with Crippen LogP contribution >= 0.6 is 30.3 Å². The predicted molar refractivity (Wildman–Crippen MR) is 180 cm³/mol. The van der Waals surface area contributed by atoms with Crippen LogP contribution in [0.15, 0.2) is 60.1 Å². The second-order valence-electron chi connectivity index (χ2n) is 13.2. The molecular formula is C33H35F2N4O7PS2. The highest BCUT2D eigenvalue weighted by Crippen LogP contribution is 2.59. The Bertz CT molecular complexity index is 1940. The predicted octanol–water partition coefficient (Wildman–Crippen LogP) is 5.28. The molecule has 0 radical (unpaired) electrons. The van der Waals surface area contributed by atoms with Crippen LogP contribution < -0.4 is 5.32 Å². The van der Waals surface area contributed by atoms with E-state index in [9.17, 15) is 27.7 Å². The molecule has 2 aromatic heterocycles. The zero-order chi connectivity index (χ0) is 35.3. The summed E-state index contributed by atoms with van der Waals surface area (Å²) in [4.78, 5) is 68.5. The fourth-order valence-electron chi connectivity index (χ4n) is 6.11. The SMILES string of the molecule is CC(C)(C)[C@H](NC(=O)c1cc2cc(C(F)(F)P(=O)(O)O)ccc2s1)C(=O)N1Cc2ccccc2C[C@H]1C(=O)N1CCOC(c2nccs2)C1. The number of thiophene rings is 1. The molecule has 16 heteroatoms. The number of thiazole rings is 1. The summed E-state index contributed by atoms with van der Waals surface area (Å²) in [6.45, 7) is 6.52. The second kappa shape index (κ2) is 13.3. The molecule has 6 rings (SSSR count). The Kier molecular flexibility index (Phi) is 9.55. The monoisotopic (exact) mass is 732 g/mol. The number of ether oxygens (including phenoxy) is 1. The first kappa shape index (κ1) is 35.2. The van der Waals surface area contributed by atoms with Crippen molar-refractivity contribution in [1.82, 2.24) is 20.1 Å². The number of amides is 3. The molecule has 2 aromatic carbocycles. The highest BCUT2D eigenvalue weighted by atomic mass is 32.1. The van der Waals surface area contributed by atoms with Crippen molar-refractivity contribution in [2.45, 2.75) is 57.6 Å². The first-order chi connectivity index (χ1) is 23.0. The average molecular weight is 733 g/mol. The normalized spacial score (nSPS) is 19.4. The Morgan fingerprint density at radius 1 is 1.10 bits per heavy atom. The molecule has 3 atom stereocenters. The van der Waals surface area contributed by atoms with Crippen LogP contribution in [-0.2, 0) is 37.5 Å². The standard InChI is InChI=1S/C33H35F2N4O7PS2/c1-32(2,3)27(37-28(40)26-16-21-14-22(8-9-25(21)49-26)33(34,35)47(43,44)45)31(42)39-17-20-7-5-4-6-19(20)15-23(39)30(41)38-11-12-46-24(18-38)29-36-10-13-48-29/h4-10,13-14,16,23-24,27H,11-12,15,17-18H2,1-3H3,(H,37,40)(H2,43,44,45)/t23-,24?,27+/m0/s1. The molecule has 4 heterocycles. The minimum absolute atomic E-state index is 0.117. The van der Waals surface area contributed by atoms with E-state index in [1.54, 1.807) is 31.9 Å². The van der Waals surface area contributed by atoms with E-state index in [1.165, 1.54) is 28.4 Å². The number of carbonyl (C=O) groups is 3. The maximum atomic E-state index is 14.5. The molecule has 0 spiro atoms. The van der Waals surface area contributed by atoms with E-state index < -0.39 is 48.1 Å². The zero-order valence-corrected chi connectivity index (χ0v) is 29.4. The molecule has 2 aliphatic heterocycles. The van der Waals surface area contributed by atoms with Crippen LogP contribution in [0.25, 0.3) is 10.1 Å². The van der Waals surface area contributed by atoms with Crippen LogP contribution in [0.5, 0.6) is 0 Å². The molecule has 4 aromatic rings. The minimum Gasteiger partial charge on any atom is -0.367 e. The molecule has 0 saturated carbocycles. The number of alkyl halides is 2. The third-order valence-electron chi connectivity index (χ3n) is 8.76. The Morgan fingerprint density at radius 3 is 2.51 bits per heavy atom. The van der Waals surface area contributed by atoms with Gasteiger partial charge in [0.1, 0.15) is 23.2 Å². The number of hydrogen-bond acceptors (Lipinski definition) is 8. The Hall–Kier alpha value is -3.59. The van der Waals surface area contributed by atoms with E-state index in [0.717, 1.165) is 39.6 Å². The molecule has 49 heavy (non-hydrogen) atoms. The van der Waals surface area contributed by atoms with Gasteiger partial charge in [-0.05, 0) is 40.1 Å². The molecule has 260 valence electrons. The lowest BCUT2D eigenvalue weighted by Crippen LogP contribution is -2.61. The smallest absolute Gasteiger partial charge is 0.367 e. The number of halogens is 2. The maximum absolute atomic E-state index is 14.5. The Balaban J connectivity index is 1.27. The van der Waals surface area contributed by atoms with Crippen molar-refractivity contribution in [3.05, 3.63) is 86.7 Å². The first-order valence-electron chi connectivity index (χ1n) is 15.5. The van der Waals surface area contributed by atoms with Gasteiger partial charge >= 0.3 is 13.3 Å². The van der Waals surface area contributed by atoms with Gasteiger partial charge in [-0.25, -0.2) is 4.98 Å². The summed E-state index contributed by atoms with van der Waals surface area (Å²) in [5.41, 5.74) is -4.23. The maximum Gasteiger partial charge on any atom is 0.399 e. The van der Waals surface area contributed by atoms with Crippen molar-refractivity contribution in [3.8, 4) is 0 Å². The van der Waals surface area contributed by atoms with Gasteiger partial charge in [-0.1, -0.05) is 51.1 Å². The number of carbonyl (C=O) groups excluding carboxylic acids is 3. The number of nitrogens with one attached hydrogen (secondary N) is 1. The summed E-state index contributed by atoms with van der Waals surface area (Å²) in [6, 6.07) is 10.2. The first-order valence-corrected chi connectivity index (χ1v) is 18.8. The zero-order valence-electron chi connectivity index (χ0n) is 26.8. The molecule has 1 saturated heterocycles. The van der Waals surface area contributed by atoms with Crippen molar-refractivity contribution >= 4 is 58.1 Å². The number of rotatable bonds is 7. The molecule has 1 unspecified atom stereocenters. The number of hydrogen-bond donors (Lipinski definition) is 3. The molecule has 2 aliphatic rings. The topological polar surface area (TPSA) is 149 Å². The largest absolute Gasteiger partial charge is 0.399 e. The van der Waals surface area contributed by atoms with E-state index in [1.807, 2.05) is 29.6 Å². The third kappa shape index (κ3) is 7.05. The highest BCUT2D eigenvalue weighted by Gasteiger charge is 2.50. The molecule has 0 bridgehead atoms. The van der Waals surface area contributed by atoms with Crippen molar-refractivity contribution < 1.29 is 42.3 Å². The highest BCUT2D eigenvalue weighted by molar-refractivity contribution is 7.52. The van der Waals surface area contributed by atoms with Gasteiger partial charge in [-0.15, -0.1) is 22.7 Å². The number of aromatic nitrogens is 1. The summed E-state index contributed by atoms with van der Waals surface area (Å²) in [5, 5.41) is 5.65. The van der Waals surface area contributed by atoms with Crippen molar-refractivity contribution in [2.24, 2.45) is 5.41 Å². The van der Waals surface area contributed by atoms with Crippen molar-refractivity contribution in [3.63, 3.8) is 0 Å². The summed E-state index contributed by atoms with van der Waals surface area (Å²) in [7, 11) is -5.79. The van der Waals surface area contributed by atoms with Crippen molar-refractivity contribution in [2.75, 3.05) is 19.7 Å². The number of nitrogens with zero attached hydrogens (tertiary/aromatic N) is 3. The third-order valence-corrected chi connectivity index (χ3v) is 11.7. The van der Waals surface area contributed by atoms with E-state index in [-0.39, 0.29) is 28.8 Å². The van der Waals surface area contributed by atoms with Crippen LogP contribution in [-0.4, -0.2) is 74.1 Å². The van der Waals surface area contributed by atoms with Gasteiger partial charge < -0.3 is 29.6 Å². The molecule has 1 fully saturated rings. The van der Waals surface area contributed by atoms with Crippen LogP contribution in [0.4, 0.5) is 8.78 Å². The molecule has 0 aliphatic carbocycles. The van der Waals surface area contributed by atoms with Gasteiger partial charge in [0, 0.05) is 41.4 Å². The molecule has 3 N–H and O–H groups in total. The van der Waals surface area contributed by atoms with Gasteiger partial charge in [0.15, 0.2) is 0 Å². The summed E-state index contributed by atoms with van der Waals surface area (Å²) in [6.07, 6.45) is 1.60. The number of fused-ring (bicyclic) bond motifs is 2. The van der Waals surface area contributed by atoms with E-state index in [0.29, 0.717) is 30.8 Å². The summed E-state index contributed by atoms with van der Waals surface area (Å²) >= 11 is 2.44. The second-order valence-corrected chi connectivity index (χ2v) is 16.8. The quantitative estimate of drug-likeness (QED) is 0.218. The molecule has 11 nitrogen and oxygen atoms in total. The Labute approximate surface area is 289 Å². The lowest BCUT2D eigenvalue weighted by atomic mass is 9.84. The van der Waals surface area contributed by atoms with Crippen molar-refractivity contribution in [1.29, 1.82) is 0 Å². The van der Waals surface area contributed by atoms with E-state index in [2.05, 4.69) is 10.3 Å². The van der Waals surface area contributed by atoms with Gasteiger partial charge in [0.2, 0.25) is 11.8 Å². The average Bonchev–Trinajstić information content (AvgIpc) is 3.75. The molecular weight excluding hydrogens is 697 g/mol. The van der Waals surface area contributed by atoms with Crippen LogP contribution in [0, 0.1) is 5.41 Å². The van der Waals surface area contributed by atoms with Gasteiger partial charge in [0.05, 0.1) is 18.0 Å². The molecule has 3 amide bonds. The van der Waals surface area contributed by atoms with E-state index in [4.69, 9.17) is 14.5 Å². The van der Waals surface area contributed by atoms with Crippen LogP contribution in [0.3, 0.4) is 0 Å². The van der Waals surface area contributed by atoms with Gasteiger partial charge in [-0.3, -0.25) is 18.9 Å². The lowest BCUT2D eigenvalue weighted by molar-refractivity contribution is -0.153. The number of benzene rings is 2. The Morgan fingerprint density at radius 2 is 1.84 bits per heavy atom. The summed E-state index contributed by atoms with van der Waals surface area (Å²) < 4.78 is 46.5. The fraction of sp³-hybridized carbons (Fsp3) is 0.394. The minimum atomic E-state index is -5.79. The summed E-state index contributed by atoms with van der Waals surface area (Å²) in [5.74, 6) is -1.29. The van der Waals surface area contributed by atoms with Gasteiger partial charge in [0.25, 0.3) is 5.91 Å².